The Morgan fingerprint density at radius 3 is 2.34 bits per heavy atom. The highest BCUT2D eigenvalue weighted by molar-refractivity contribution is 7.92. The SMILES string of the molecule is Cn1cc(C(=O)C[C@@H]2CC[C@@]3(S(=O)(=O)c4ccc(F)cc4)c4ccc(C(C)(F)C(F)(F)F)cc4CC[C@@H]23)ccc1=O. The van der Waals surface area contributed by atoms with Gasteiger partial charge >= 0.3 is 6.18 Å². The van der Waals surface area contributed by atoms with Crippen LogP contribution in [0.3, 0.4) is 0 Å². The zero-order chi connectivity index (χ0) is 30.0. The molecular weight excluding hydrogens is 565 g/mol. The third-order valence-electron chi connectivity index (χ3n) is 8.87. The number of pyridine rings is 1. The van der Waals surface area contributed by atoms with E-state index in [2.05, 4.69) is 0 Å². The second kappa shape index (κ2) is 9.89. The van der Waals surface area contributed by atoms with Crippen LogP contribution in [0, 0.1) is 17.7 Å². The number of Topliss-reactive ketones (excluding diaryl/α,β-unsaturated/α-hetero) is 1. The largest absolute Gasteiger partial charge is 0.426 e. The van der Waals surface area contributed by atoms with Crippen molar-refractivity contribution in [2.75, 3.05) is 0 Å². The Kier molecular flexibility index (Phi) is 7.03. The second-order valence-corrected chi connectivity index (χ2v) is 13.4. The Hall–Kier alpha value is -3.34. The van der Waals surface area contributed by atoms with Crippen LogP contribution in [0.25, 0.3) is 0 Å². The van der Waals surface area contributed by atoms with Gasteiger partial charge in [0.05, 0.1) is 4.90 Å². The van der Waals surface area contributed by atoms with E-state index in [0.717, 1.165) is 36.4 Å². The van der Waals surface area contributed by atoms with Gasteiger partial charge in [0, 0.05) is 31.3 Å². The van der Waals surface area contributed by atoms with Crippen molar-refractivity contribution in [1.82, 2.24) is 4.57 Å². The maximum Gasteiger partial charge on any atom is 0.426 e. The van der Waals surface area contributed by atoms with Crippen LogP contribution < -0.4 is 5.56 Å². The van der Waals surface area contributed by atoms with Gasteiger partial charge in [-0.3, -0.25) is 9.59 Å². The molecular formula is C30H28F5NO4S. The minimum Gasteiger partial charge on any atom is -0.318 e. The summed E-state index contributed by atoms with van der Waals surface area (Å²) < 4.78 is 97.5. The summed E-state index contributed by atoms with van der Waals surface area (Å²) >= 11 is 0. The molecule has 0 radical (unpaired) electrons. The molecule has 4 atom stereocenters. The molecule has 3 aromatic rings. The van der Waals surface area contributed by atoms with Gasteiger partial charge in [-0.25, -0.2) is 17.2 Å². The number of carbonyl (C=O) groups excluding carboxylic acids is 1. The lowest BCUT2D eigenvalue weighted by molar-refractivity contribution is -0.228. The monoisotopic (exact) mass is 593 g/mol. The fraction of sp³-hybridized carbons (Fsp3) is 0.400. The van der Waals surface area contributed by atoms with Crippen LogP contribution in [0.1, 0.15) is 59.7 Å². The van der Waals surface area contributed by atoms with E-state index in [4.69, 9.17) is 0 Å². The third kappa shape index (κ3) is 4.62. The first kappa shape index (κ1) is 29.2. The number of rotatable bonds is 6. The molecule has 1 saturated carbocycles. The number of benzene rings is 2. The predicted molar refractivity (Wildman–Crippen MR) is 141 cm³/mol. The molecule has 0 spiro atoms. The standard InChI is InChI=1S/C30H28F5NO4S/c1-28(32,30(33,34)35)21-5-11-25-18(15-21)3-10-24-19(16-26(37)20-4-12-27(38)36(2)17-20)13-14-29(24,25)41(39,40)23-8-6-22(31)7-9-23/h4-9,11-12,15,17,19,24H,3,10,13-14,16H2,1-2H3/t19-,24-,28?,29-/m0/s1. The summed E-state index contributed by atoms with van der Waals surface area (Å²) in [5.41, 5.74) is -3.64. The summed E-state index contributed by atoms with van der Waals surface area (Å²) in [6.07, 6.45) is -2.86. The summed E-state index contributed by atoms with van der Waals surface area (Å²) in [6, 6.07) is 10.4. The molecule has 1 fully saturated rings. The van der Waals surface area contributed by atoms with Crippen LogP contribution in [0.5, 0.6) is 0 Å². The summed E-state index contributed by atoms with van der Waals surface area (Å²) in [5.74, 6) is -1.86. The van der Waals surface area contributed by atoms with Crippen LogP contribution >= 0.6 is 0 Å². The fourth-order valence-electron chi connectivity index (χ4n) is 6.61. The molecule has 1 heterocycles. The first-order valence-electron chi connectivity index (χ1n) is 13.2. The molecule has 1 aromatic heterocycles. The van der Waals surface area contributed by atoms with Gasteiger partial charge in [-0.15, -0.1) is 0 Å². The predicted octanol–water partition coefficient (Wildman–Crippen LogP) is 6.19. The molecule has 0 N–H and O–H groups in total. The molecule has 218 valence electrons. The van der Waals surface area contributed by atoms with Crippen molar-refractivity contribution in [1.29, 1.82) is 0 Å². The molecule has 2 aliphatic carbocycles. The van der Waals surface area contributed by atoms with Gasteiger partial charge < -0.3 is 4.57 Å². The smallest absolute Gasteiger partial charge is 0.318 e. The minimum atomic E-state index is -5.17. The minimum absolute atomic E-state index is 0.00754. The number of ketones is 1. The van der Waals surface area contributed by atoms with Crippen molar-refractivity contribution in [2.24, 2.45) is 18.9 Å². The van der Waals surface area contributed by atoms with E-state index in [1.807, 2.05) is 0 Å². The van der Waals surface area contributed by atoms with E-state index in [1.165, 1.54) is 36.0 Å². The molecule has 5 rings (SSSR count). The average Bonchev–Trinajstić information content (AvgIpc) is 3.29. The highest BCUT2D eigenvalue weighted by Gasteiger charge is 2.61. The van der Waals surface area contributed by atoms with Crippen LogP contribution in [0.2, 0.25) is 0 Å². The normalized spacial score (nSPS) is 23.9. The number of halogens is 5. The maximum atomic E-state index is 14.9. The van der Waals surface area contributed by atoms with E-state index in [0.29, 0.717) is 24.5 Å². The maximum absolute atomic E-state index is 14.9. The Bertz CT molecular complexity index is 1680. The lowest BCUT2D eigenvalue weighted by atomic mass is 9.71. The van der Waals surface area contributed by atoms with E-state index in [9.17, 15) is 40.0 Å². The summed E-state index contributed by atoms with van der Waals surface area (Å²) in [7, 11) is -2.74. The number of fused-ring (bicyclic) bond motifs is 3. The topological polar surface area (TPSA) is 73.2 Å². The number of sulfone groups is 1. The van der Waals surface area contributed by atoms with Crippen molar-refractivity contribution < 1.29 is 35.2 Å². The number of alkyl halides is 4. The van der Waals surface area contributed by atoms with Gasteiger partial charge in [0.2, 0.25) is 11.2 Å². The zero-order valence-electron chi connectivity index (χ0n) is 22.3. The number of hydrogen-bond donors (Lipinski definition) is 0. The van der Waals surface area contributed by atoms with Crippen LogP contribution in [-0.4, -0.2) is 24.9 Å². The van der Waals surface area contributed by atoms with Crippen molar-refractivity contribution in [2.45, 2.75) is 60.5 Å². The molecule has 5 nitrogen and oxygen atoms in total. The lowest BCUT2D eigenvalue weighted by Gasteiger charge is -2.43. The van der Waals surface area contributed by atoms with Gasteiger partial charge in [-0.05, 0) is 91.5 Å². The third-order valence-corrected chi connectivity index (χ3v) is 11.5. The second-order valence-electron chi connectivity index (χ2n) is 11.2. The van der Waals surface area contributed by atoms with E-state index >= 15 is 0 Å². The zero-order valence-corrected chi connectivity index (χ0v) is 23.2. The van der Waals surface area contributed by atoms with E-state index in [1.54, 1.807) is 0 Å². The van der Waals surface area contributed by atoms with Gasteiger partial charge in [0.1, 0.15) is 10.6 Å². The fourth-order valence-corrected chi connectivity index (χ4v) is 9.11. The van der Waals surface area contributed by atoms with Crippen molar-refractivity contribution in [3.63, 3.8) is 0 Å². The summed E-state index contributed by atoms with van der Waals surface area (Å²) in [4.78, 5) is 24.9. The van der Waals surface area contributed by atoms with E-state index < -0.39 is 43.7 Å². The Labute approximate surface area is 233 Å². The molecule has 0 saturated heterocycles. The number of carbonyl (C=O) groups is 1. The lowest BCUT2D eigenvalue weighted by Crippen LogP contribution is -2.45. The van der Waals surface area contributed by atoms with E-state index in [-0.39, 0.29) is 53.4 Å². The van der Waals surface area contributed by atoms with Crippen molar-refractivity contribution in [3.05, 3.63) is 99.2 Å². The van der Waals surface area contributed by atoms with Crippen molar-refractivity contribution >= 4 is 15.6 Å². The number of aromatic nitrogens is 1. The Morgan fingerprint density at radius 1 is 1.02 bits per heavy atom. The molecule has 0 amide bonds. The highest BCUT2D eigenvalue weighted by atomic mass is 32.2. The number of aryl methyl sites for hydroxylation is 2. The van der Waals surface area contributed by atoms with Gasteiger partial charge in [-0.2, -0.15) is 13.2 Å². The van der Waals surface area contributed by atoms with Gasteiger partial charge in [0.15, 0.2) is 15.6 Å². The first-order valence-corrected chi connectivity index (χ1v) is 14.7. The van der Waals surface area contributed by atoms with Crippen LogP contribution in [0.15, 0.2) is 70.5 Å². The quantitative estimate of drug-likeness (QED) is 0.194. The molecule has 0 bridgehead atoms. The summed E-state index contributed by atoms with van der Waals surface area (Å²) in [5, 5.41) is 0. The number of hydrogen-bond acceptors (Lipinski definition) is 4. The molecule has 0 aliphatic heterocycles. The van der Waals surface area contributed by atoms with Crippen LogP contribution in [-0.2, 0) is 33.7 Å². The number of nitrogens with zero attached hydrogens (tertiary/aromatic N) is 1. The Morgan fingerprint density at radius 2 is 1.71 bits per heavy atom. The molecule has 41 heavy (non-hydrogen) atoms. The first-order chi connectivity index (χ1) is 19.1. The average molecular weight is 594 g/mol. The Balaban J connectivity index is 1.61. The summed E-state index contributed by atoms with van der Waals surface area (Å²) in [6.45, 7) is 0.433. The molecule has 2 aromatic carbocycles. The molecule has 2 aliphatic rings. The highest BCUT2D eigenvalue weighted by Crippen LogP contribution is 2.60. The van der Waals surface area contributed by atoms with Gasteiger partial charge in [-0.1, -0.05) is 18.2 Å². The van der Waals surface area contributed by atoms with Crippen LogP contribution in [0.4, 0.5) is 22.0 Å². The van der Waals surface area contributed by atoms with Crippen molar-refractivity contribution in [3.8, 4) is 0 Å². The molecule has 11 heteroatoms. The van der Waals surface area contributed by atoms with Gasteiger partial charge in [0.25, 0.3) is 0 Å². The molecule has 1 unspecified atom stereocenters.